The number of hydrogen-bond donors (Lipinski definition) is 2. The fourth-order valence-electron chi connectivity index (χ4n) is 0.893. The standard InChI is InChI=1S/C8H20N2O/c1-4-9-5-6-10-8(2)7-11-3/h8-10H,4-7H2,1-3H3. The lowest BCUT2D eigenvalue weighted by Crippen LogP contribution is -2.35. The minimum atomic E-state index is 0.457. The lowest BCUT2D eigenvalue weighted by Gasteiger charge is -2.12. The molecule has 0 amide bonds. The first-order valence-corrected chi connectivity index (χ1v) is 4.24. The van der Waals surface area contributed by atoms with Gasteiger partial charge in [0.05, 0.1) is 6.61 Å². The molecule has 1 atom stereocenters. The molecule has 0 aromatic heterocycles. The van der Waals surface area contributed by atoms with Gasteiger partial charge in [0.15, 0.2) is 0 Å². The third-order valence-corrected chi connectivity index (χ3v) is 1.46. The molecule has 0 aromatic rings. The molecule has 2 N–H and O–H groups in total. The van der Waals surface area contributed by atoms with Crippen LogP contribution in [0.4, 0.5) is 0 Å². The lowest BCUT2D eigenvalue weighted by atomic mass is 10.3. The number of hydrogen-bond acceptors (Lipinski definition) is 3. The number of nitrogens with one attached hydrogen (secondary N) is 2. The fraction of sp³-hybridized carbons (Fsp3) is 1.00. The minimum absolute atomic E-state index is 0.457. The van der Waals surface area contributed by atoms with Crippen LogP contribution in [-0.2, 0) is 4.74 Å². The predicted molar refractivity (Wildman–Crippen MR) is 47.9 cm³/mol. The zero-order chi connectivity index (χ0) is 8.53. The Morgan fingerprint density at radius 1 is 1.36 bits per heavy atom. The third-order valence-electron chi connectivity index (χ3n) is 1.46. The van der Waals surface area contributed by atoms with Crippen LogP contribution < -0.4 is 10.6 Å². The van der Waals surface area contributed by atoms with Crippen molar-refractivity contribution in [3.63, 3.8) is 0 Å². The number of methoxy groups -OCH3 is 1. The van der Waals surface area contributed by atoms with E-state index in [9.17, 15) is 0 Å². The molecule has 0 spiro atoms. The van der Waals surface area contributed by atoms with Gasteiger partial charge in [-0.25, -0.2) is 0 Å². The molecule has 11 heavy (non-hydrogen) atoms. The van der Waals surface area contributed by atoms with Crippen molar-refractivity contribution in [3.05, 3.63) is 0 Å². The Balaban J connectivity index is 2.97. The van der Waals surface area contributed by atoms with Gasteiger partial charge < -0.3 is 15.4 Å². The average molecular weight is 160 g/mol. The first-order chi connectivity index (χ1) is 5.31. The van der Waals surface area contributed by atoms with Gasteiger partial charge >= 0.3 is 0 Å². The lowest BCUT2D eigenvalue weighted by molar-refractivity contribution is 0.172. The number of rotatable bonds is 7. The molecule has 0 aromatic carbocycles. The summed E-state index contributed by atoms with van der Waals surface area (Å²) in [6.45, 7) is 8.10. The van der Waals surface area contributed by atoms with Crippen molar-refractivity contribution in [1.82, 2.24) is 10.6 Å². The van der Waals surface area contributed by atoms with E-state index in [1.54, 1.807) is 7.11 Å². The second-order valence-electron chi connectivity index (χ2n) is 2.66. The van der Waals surface area contributed by atoms with Gasteiger partial charge in [-0.1, -0.05) is 6.92 Å². The van der Waals surface area contributed by atoms with E-state index in [-0.39, 0.29) is 0 Å². The van der Waals surface area contributed by atoms with Gasteiger partial charge in [0.25, 0.3) is 0 Å². The first-order valence-electron chi connectivity index (χ1n) is 4.24. The highest BCUT2D eigenvalue weighted by Crippen LogP contribution is 1.79. The van der Waals surface area contributed by atoms with Gasteiger partial charge in [-0.3, -0.25) is 0 Å². The Morgan fingerprint density at radius 2 is 2.09 bits per heavy atom. The molecule has 0 saturated heterocycles. The van der Waals surface area contributed by atoms with Crippen LogP contribution in [0.5, 0.6) is 0 Å². The van der Waals surface area contributed by atoms with Crippen molar-refractivity contribution in [1.29, 1.82) is 0 Å². The van der Waals surface area contributed by atoms with Crippen LogP contribution in [0.1, 0.15) is 13.8 Å². The molecule has 3 heteroatoms. The predicted octanol–water partition coefficient (Wildman–Crippen LogP) is 0.220. The maximum absolute atomic E-state index is 4.98. The second-order valence-corrected chi connectivity index (χ2v) is 2.66. The topological polar surface area (TPSA) is 33.3 Å². The molecule has 0 aliphatic carbocycles. The Labute approximate surface area is 69.5 Å². The molecular formula is C8H20N2O. The highest BCUT2D eigenvalue weighted by atomic mass is 16.5. The zero-order valence-electron chi connectivity index (χ0n) is 7.81. The molecule has 0 heterocycles. The molecular weight excluding hydrogens is 140 g/mol. The maximum Gasteiger partial charge on any atom is 0.0613 e. The Hall–Kier alpha value is -0.120. The molecule has 0 aliphatic heterocycles. The van der Waals surface area contributed by atoms with E-state index < -0.39 is 0 Å². The molecule has 3 nitrogen and oxygen atoms in total. The highest BCUT2D eigenvalue weighted by Gasteiger charge is 1.97. The van der Waals surface area contributed by atoms with Crippen LogP contribution in [-0.4, -0.2) is 39.4 Å². The van der Waals surface area contributed by atoms with Crippen LogP contribution >= 0.6 is 0 Å². The summed E-state index contributed by atoms with van der Waals surface area (Å²) in [5, 5.41) is 6.57. The molecule has 0 rings (SSSR count). The average Bonchev–Trinajstić information content (AvgIpc) is 1.99. The van der Waals surface area contributed by atoms with Crippen LogP contribution in [0.25, 0.3) is 0 Å². The smallest absolute Gasteiger partial charge is 0.0613 e. The SMILES string of the molecule is CCNCCNC(C)COC. The van der Waals surface area contributed by atoms with Gasteiger partial charge in [-0.15, -0.1) is 0 Å². The molecule has 0 saturated carbocycles. The molecule has 68 valence electrons. The van der Waals surface area contributed by atoms with E-state index in [2.05, 4.69) is 24.5 Å². The summed E-state index contributed by atoms with van der Waals surface area (Å²) in [7, 11) is 1.72. The van der Waals surface area contributed by atoms with Crippen LogP contribution in [0.2, 0.25) is 0 Å². The van der Waals surface area contributed by atoms with Crippen molar-refractivity contribution in [3.8, 4) is 0 Å². The molecule has 0 fully saturated rings. The summed E-state index contributed by atoms with van der Waals surface area (Å²) < 4.78 is 4.98. The van der Waals surface area contributed by atoms with Crippen LogP contribution in [0.3, 0.4) is 0 Å². The second kappa shape index (κ2) is 7.98. The van der Waals surface area contributed by atoms with Crippen LogP contribution in [0.15, 0.2) is 0 Å². The summed E-state index contributed by atoms with van der Waals surface area (Å²) in [5.74, 6) is 0. The quantitative estimate of drug-likeness (QED) is 0.523. The van der Waals surface area contributed by atoms with E-state index in [4.69, 9.17) is 4.74 Å². The summed E-state index contributed by atoms with van der Waals surface area (Å²) in [4.78, 5) is 0. The first kappa shape index (κ1) is 10.9. The van der Waals surface area contributed by atoms with Crippen molar-refractivity contribution < 1.29 is 4.74 Å². The van der Waals surface area contributed by atoms with E-state index in [0.29, 0.717) is 6.04 Å². The minimum Gasteiger partial charge on any atom is -0.383 e. The summed E-state index contributed by atoms with van der Waals surface area (Å²) in [6, 6.07) is 0.457. The van der Waals surface area contributed by atoms with Crippen LogP contribution in [0, 0.1) is 0 Å². The van der Waals surface area contributed by atoms with Gasteiger partial charge in [0.2, 0.25) is 0 Å². The zero-order valence-corrected chi connectivity index (χ0v) is 7.81. The largest absolute Gasteiger partial charge is 0.383 e. The molecule has 0 radical (unpaired) electrons. The van der Waals surface area contributed by atoms with Gasteiger partial charge in [-0.05, 0) is 13.5 Å². The Kier molecular flexibility index (Phi) is 7.89. The number of likely N-dealkylation sites (N-methyl/N-ethyl adjacent to an activating group) is 1. The normalized spacial score (nSPS) is 13.4. The Bertz CT molecular complexity index is 78.5. The molecule has 0 bridgehead atoms. The molecule has 1 unspecified atom stereocenters. The fourth-order valence-corrected chi connectivity index (χ4v) is 0.893. The van der Waals surface area contributed by atoms with E-state index in [0.717, 1.165) is 26.2 Å². The van der Waals surface area contributed by atoms with Crippen molar-refractivity contribution >= 4 is 0 Å². The van der Waals surface area contributed by atoms with Crippen molar-refractivity contribution in [2.75, 3.05) is 33.4 Å². The Morgan fingerprint density at radius 3 is 2.64 bits per heavy atom. The molecule has 0 aliphatic rings. The van der Waals surface area contributed by atoms with Gasteiger partial charge in [-0.2, -0.15) is 0 Å². The number of ether oxygens (including phenoxy) is 1. The highest BCUT2D eigenvalue weighted by molar-refractivity contribution is 4.59. The van der Waals surface area contributed by atoms with Gasteiger partial charge in [0, 0.05) is 26.2 Å². The maximum atomic E-state index is 4.98. The van der Waals surface area contributed by atoms with Gasteiger partial charge in [0.1, 0.15) is 0 Å². The van der Waals surface area contributed by atoms with E-state index in [1.165, 1.54) is 0 Å². The third kappa shape index (κ3) is 7.78. The summed E-state index contributed by atoms with van der Waals surface area (Å²) in [6.07, 6.45) is 0. The van der Waals surface area contributed by atoms with Crippen molar-refractivity contribution in [2.45, 2.75) is 19.9 Å². The summed E-state index contributed by atoms with van der Waals surface area (Å²) >= 11 is 0. The summed E-state index contributed by atoms with van der Waals surface area (Å²) in [5.41, 5.74) is 0. The van der Waals surface area contributed by atoms with E-state index >= 15 is 0 Å². The van der Waals surface area contributed by atoms with E-state index in [1.807, 2.05) is 0 Å². The monoisotopic (exact) mass is 160 g/mol. The van der Waals surface area contributed by atoms with Crippen molar-refractivity contribution in [2.24, 2.45) is 0 Å².